The lowest BCUT2D eigenvalue weighted by Gasteiger charge is -2.23. The number of hydrogen-bond donors (Lipinski definition) is 0. The third-order valence-corrected chi connectivity index (χ3v) is 9.45. The van der Waals surface area contributed by atoms with Crippen LogP contribution in [0.4, 0.5) is 5.69 Å². The lowest BCUT2D eigenvalue weighted by Crippen LogP contribution is -2.23. The van der Waals surface area contributed by atoms with E-state index in [1.807, 2.05) is 60.7 Å². The van der Waals surface area contributed by atoms with Gasteiger partial charge < -0.3 is 23.5 Å². The molecule has 0 bridgehead atoms. The lowest BCUT2D eigenvalue weighted by molar-refractivity contribution is -0.138. The summed E-state index contributed by atoms with van der Waals surface area (Å²) in [5.41, 5.74) is 5.89. The number of para-hydroxylation sites is 1. The number of rotatable bonds is 20. The van der Waals surface area contributed by atoms with Gasteiger partial charge in [0.2, 0.25) is 0 Å². The van der Waals surface area contributed by atoms with E-state index in [4.69, 9.17) is 19.0 Å². The molecular formula is C45H48N4O5. The van der Waals surface area contributed by atoms with Crippen LogP contribution < -0.4 is 15.3 Å². The molecule has 278 valence electrons. The predicted molar refractivity (Wildman–Crippen MR) is 219 cm³/mol. The van der Waals surface area contributed by atoms with Gasteiger partial charge in [0.05, 0.1) is 16.9 Å². The number of unbranched alkanes of at least 4 members (excludes halogenated alkanes) is 5. The number of aryl methyl sites for hydroxylation is 1. The topological polar surface area (TPSA) is 91.7 Å². The van der Waals surface area contributed by atoms with Gasteiger partial charge in [0, 0.05) is 54.0 Å². The summed E-state index contributed by atoms with van der Waals surface area (Å²) in [6.07, 6.45) is 11.9. The van der Waals surface area contributed by atoms with Gasteiger partial charge in [-0.25, -0.2) is 14.6 Å². The average Bonchev–Trinajstić information content (AvgIpc) is 3.71. The standard InChI is InChI=1S/C45H48N4O5/c1-5-9-10-11-12-18-29-48-39-22-17-16-21-36(39)43(42(48)33-19-14-13-15-20-33)49-44-37(45(51)54-49)25-26-38(46-44)35-24-23-34(47(27-6-2)28-7-3)32-40(35)52-30-31-53-41(50)8-4/h6-8,13-17,19-26,32H,2-5,9-12,18,27-31H2,1H3. The highest BCUT2D eigenvalue weighted by Crippen LogP contribution is 2.39. The molecule has 0 unspecified atom stereocenters. The van der Waals surface area contributed by atoms with Gasteiger partial charge >= 0.3 is 11.6 Å². The molecule has 0 radical (unpaired) electrons. The number of carbonyl (C=O) groups is 1. The summed E-state index contributed by atoms with van der Waals surface area (Å²) >= 11 is 0. The second-order valence-corrected chi connectivity index (χ2v) is 13.1. The molecule has 0 fully saturated rings. The van der Waals surface area contributed by atoms with Crippen LogP contribution >= 0.6 is 0 Å². The smallest absolute Gasteiger partial charge is 0.367 e. The van der Waals surface area contributed by atoms with Crippen LogP contribution in [0.15, 0.2) is 132 Å². The molecule has 0 atom stereocenters. The molecule has 6 aromatic rings. The number of aromatic nitrogens is 3. The second kappa shape index (κ2) is 18.1. The molecule has 0 N–H and O–H groups in total. The maximum Gasteiger partial charge on any atom is 0.367 e. The van der Waals surface area contributed by atoms with E-state index in [0.717, 1.165) is 59.0 Å². The van der Waals surface area contributed by atoms with Gasteiger partial charge in [-0.2, -0.15) is 4.74 Å². The van der Waals surface area contributed by atoms with E-state index in [2.05, 4.69) is 60.4 Å². The number of benzene rings is 3. The predicted octanol–water partition coefficient (Wildman–Crippen LogP) is 9.91. The molecule has 0 aliphatic heterocycles. The number of ether oxygens (including phenoxy) is 2. The second-order valence-electron chi connectivity index (χ2n) is 13.1. The Labute approximate surface area is 316 Å². The molecule has 0 aliphatic carbocycles. The van der Waals surface area contributed by atoms with E-state index in [1.165, 1.54) is 25.7 Å². The Hall–Kier alpha value is -6.09. The molecule has 0 saturated carbocycles. The van der Waals surface area contributed by atoms with Crippen molar-refractivity contribution in [3.8, 4) is 34.0 Å². The van der Waals surface area contributed by atoms with Crippen LogP contribution in [0.1, 0.15) is 45.4 Å². The molecule has 3 aromatic carbocycles. The summed E-state index contributed by atoms with van der Waals surface area (Å²) in [5.74, 6) is 0.00833. The molecule has 3 aromatic heterocycles. The van der Waals surface area contributed by atoms with E-state index in [1.54, 1.807) is 16.9 Å². The summed E-state index contributed by atoms with van der Waals surface area (Å²) in [6.45, 7) is 15.7. The average molecular weight is 725 g/mol. The van der Waals surface area contributed by atoms with Crippen LogP contribution in [0.25, 0.3) is 50.1 Å². The Balaban J connectivity index is 1.48. The SMILES string of the molecule is C=CCN(CC=C)c1ccc(-c2ccc3c(=O)on(-c4c(-c5ccccc5)n(CCCCCCCC)c5ccccc45)c3n2)c(OCCOC(=O)C=C)c1. The minimum absolute atomic E-state index is 0.0380. The molecule has 6 rings (SSSR count). The summed E-state index contributed by atoms with van der Waals surface area (Å²) < 4.78 is 21.5. The summed E-state index contributed by atoms with van der Waals surface area (Å²) in [6, 6.07) is 27.9. The van der Waals surface area contributed by atoms with Crippen LogP contribution in [-0.2, 0) is 16.1 Å². The van der Waals surface area contributed by atoms with Gasteiger partial charge in [-0.05, 0) is 36.8 Å². The fraction of sp³-hybridized carbons (Fsp3) is 0.267. The Kier molecular flexibility index (Phi) is 12.6. The van der Waals surface area contributed by atoms with Crippen molar-refractivity contribution in [1.82, 2.24) is 14.3 Å². The van der Waals surface area contributed by atoms with E-state index in [-0.39, 0.29) is 13.2 Å². The molecule has 9 nitrogen and oxygen atoms in total. The Bertz CT molecular complexity index is 2290. The lowest BCUT2D eigenvalue weighted by atomic mass is 10.1. The van der Waals surface area contributed by atoms with Gasteiger partial charge in [0.25, 0.3) is 0 Å². The number of hydrogen-bond acceptors (Lipinski definition) is 7. The summed E-state index contributed by atoms with van der Waals surface area (Å²) in [5, 5.41) is 1.33. The summed E-state index contributed by atoms with van der Waals surface area (Å²) in [7, 11) is 0. The largest absolute Gasteiger partial charge is 0.489 e. The summed E-state index contributed by atoms with van der Waals surface area (Å²) in [4.78, 5) is 32.5. The zero-order valence-electron chi connectivity index (χ0n) is 31.0. The van der Waals surface area contributed by atoms with Crippen molar-refractivity contribution in [3.05, 3.63) is 133 Å². The molecule has 0 aliphatic rings. The van der Waals surface area contributed by atoms with Crippen LogP contribution in [0, 0.1) is 0 Å². The van der Waals surface area contributed by atoms with Gasteiger partial charge in [-0.15, -0.1) is 13.2 Å². The molecule has 3 heterocycles. The number of fused-ring (bicyclic) bond motifs is 2. The first kappa shape index (κ1) is 37.7. The highest BCUT2D eigenvalue weighted by atomic mass is 16.6. The van der Waals surface area contributed by atoms with Crippen molar-refractivity contribution in [2.45, 2.75) is 52.0 Å². The number of nitrogens with zero attached hydrogens (tertiary/aromatic N) is 4. The zero-order chi connectivity index (χ0) is 37.9. The third-order valence-electron chi connectivity index (χ3n) is 9.45. The Morgan fingerprint density at radius 3 is 2.35 bits per heavy atom. The molecular weight excluding hydrogens is 677 g/mol. The van der Waals surface area contributed by atoms with Gasteiger partial charge in [-0.3, -0.25) is 0 Å². The highest BCUT2D eigenvalue weighted by Gasteiger charge is 2.25. The Morgan fingerprint density at radius 2 is 1.59 bits per heavy atom. The first-order valence-corrected chi connectivity index (χ1v) is 18.7. The van der Waals surface area contributed by atoms with Gasteiger partial charge in [0.15, 0.2) is 5.65 Å². The van der Waals surface area contributed by atoms with Crippen LogP contribution in [0.2, 0.25) is 0 Å². The van der Waals surface area contributed by atoms with Gasteiger partial charge in [0.1, 0.15) is 30.0 Å². The quantitative estimate of drug-likeness (QED) is 0.0335. The molecule has 9 heteroatoms. The van der Waals surface area contributed by atoms with E-state index in [9.17, 15) is 9.59 Å². The normalized spacial score (nSPS) is 11.1. The van der Waals surface area contributed by atoms with Crippen molar-refractivity contribution < 1.29 is 18.8 Å². The van der Waals surface area contributed by atoms with Crippen LogP contribution in [0.3, 0.4) is 0 Å². The maximum absolute atomic E-state index is 13.5. The maximum atomic E-state index is 13.5. The molecule has 0 saturated heterocycles. The fourth-order valence-corrected chi connectivity index (χ4v) is 6.89. The van der Waals surface area contributed by atoms with Crippen LogP contribution in [-0.4, -0.2) is 46.6 Å². The van der Waals surface area contributed by atoms with E-state index >= 15 is 0 Å². The minimum Gasteiger partial charge on any atom is -0.489 e. The highest BCUT2D eigenvalue weighted by molar-refractivity contribution is 5.99. The van der Waals surface area contributed by atoms with E-state index in [0.29, 0.717) is 41.1 Å². The van der Waals surface area contributed by atoms with Crippen molar-refractivity contribution in [2.24, 2.45) is 0 Å². The molecule has 0 spiro atoms. The first-order chi connectivity index (χ1) is 26.5. The number of carbonyl (C=O) groups excluding carboxylic acids is 1. The zero-order valence-corrected chi connectivity index (χ0v) is 31.0. The Morgan fingerprint density at radius 1 is 0.852 bits per heavy atom. The van der Waals surface area contributed by atoms with Crippen molar-refractivity contribution in [3.63, 3.8) is 0 Å². The fourth-order valence-electron chi connectivity index (χ4n) is 6.89. The number of pyridine rings is 1. The van der Waals surface area contributed by atoms with Crippen molar-refractivity contribution in [2.75, 3.05) is 31.2 Å². The van der Waals surface area contributed by atoms with Crippen molar-refractivity contribution in [1.29, 1.82) is 0 Å². The molecule has 54 heavy (non-hydrogen) atoms. The number of esters is 1. The third kappa shape index (κ3) is 8.26. The van der Waals surface area contributed by atoms with Crippen LogP contribution in [0.5, 0.6) is 5.75 Å². The van der Waals surface area contributed by atoms with E-state index < -0.39 is 11.6 Å². The minimum atomic E-state index is -0.524. The van der Waals surface area contributed by atoms with Gasteiger partial charge in [-0.1, -0.05) is 106 Å². The number of anilines is 1. The van der Waals surface area contributed by atoms with Crippen molar-refractivity contribution >= 4 is 33.6 Å². The first-order valence-electron chi connectivity index (χ1n) is 18.7. The monoisotopic (exact) mass is 724 g/mol. The molecule has 0 amide bonds.